The predicted octanol–water partition coefficient (Wildman–Crippen LogP) is 0.978. The largest absolute Gasteiger partial charge is 0.394 e. The van der Waals surface area contributed by atoms with E-state index in [2.05, 4.69) is 5.32 Å². The van der Waals surface area contributed by atoms with Gasteiger partial charge in [0.05, 0.1) is 19.2 Å². The first-order valence-electron chi connectivity index (χ1n) is 10.9. The molecule has 0 saturated carbocycles. The highest BCUT2D eigenvalue weighted by Gasteiger charge is 2.53. The Balaban J connectivity index is 1.75. The van der Waals surface area contributed by atoms with Gasteiger partial charge in [-0.25, -0.2) is 14.8 Å². The zero-order chi connectivity index (χ0) is 23.0. The Morgan fingerprint density at radius 2 is 1.88 bits per heavy atom. The smallest absolute Gasteiger partial charge is 0.333 e. The summed E-state index contributed by atoms with van der Waals surface area (Å²) in [4.78, 5) is 42.3. The van der Waals surface area contributed by atoms with E-state index in [4.69, 9.17) is 0 Å². The molecular formula is C23H29N5O4. The average Bonchev–Trinajstić information content (AvgIpc) is 2.77. The van der Waals surface area contributed by atoms with E-state index in [1.54, 1.807) is 17.0 Å². The lowest BCUT2D eigenvalue weighted by molar-refractivity contribution is -0.198. The number of fused-ring (bicyclic) bond motifs is 2. The van der Waals surface area contributed by atoms with Crippen LogP contribution >= 0.6 is 0 Å². The molecule has 2 fully saturated rings. The van der Waals surface area contributed by atoms with Gasteiger partial charge in [0, 0.05) is 20.1 Å². The summed E-state index contributed by atoms with van der Waals surface area (Å²) < 4.78 is 0. The number of hydrazine groups is 1. The van der Waals surface area contributed by atoms with Crippen LogP contribution in [0.15, 0.2) is 42.5 Å². The molecule has 0 bridgehead atoms. The Hall–Kier alpha value is -3.17. The standard InChI is InChI=1S/C23H29N5O4/c1-4-24-23(32)28-21-15(2)26(12-17-10-7-9-16-8-5-6-11-18(16)17)22(31)19(14-29)27(21)20(30)13-25(28)3/h5-11,15,19,21,29H,4,12-14H2,1-3H3,(H,24,32)/t15-,19-,21?/m0/s1. The molecule has 2 aromatic rings. The molecular weight excluding hydrogens is 410 g/mol. The second-order valence-electron chi connectivity index (χ2n) is 8.25. The summed E-state index contributed by atoms with van der Waals surface area (Å²) in [5.74, 6) is -0.611. The Morgan fingerprint density at radius 1 is 1.16 bits per heavy atom. The number of piperazine rings is 1. The van der Waals surface area contributed by atoms with Crippen LogP contribution in [0.1, 0.15) is 19.4 Å². The van der Waals surface area contributed by atoms with Crippen molar-refractivity contribution in [1.29, 1.82) is 0 Å². The number of hydrogen-bond donors (Lipinski definition) is 2. The second kappa shape index (κ2) is 8.76. The van der Waals surface area contributed by atoms with Gasteiger partial charge in [0.2, 0.25) is 11.8 Å². The van der Waals surface area contributed by atoms with Gasteiger partial charge in [-0.3, -0.25) is 9.59 Å². The van der Waals surface area contributed by atoms with Crippen molar-refractivity contribution in [2.75, 3.05) is 26.7 Å². The minimum atomic E-state index is -1.04. The molecule has 0 spiro atoms. The zero-order valence-corrected chi connectivity index (χ0v) is 18.6. The summed E-state index contributed by atoms with van der Waals surface area (Å²) in [6.45, 7) is 3.85. The van der Waals surface area contributed by atoms with Crippen molar-refractivity contribution in [1.82, 2.24) is 25.1 Å². The number of likely N-dealkylation sites (N-methyl/N-ethyl adjacent to an activating group) is 1. The van der Waals surface area contributed by atoms with Gasteiger partial charge in [0.1, 0.15) is 12.2 Å². The van der Waals surface area contributed by atoms with E-state index in [1.165, 1.54) is 9.91 Å². The molecule has 2 aliphatic heterocycles. The highest BCUT2D eigenvalue weighted by atomic mass is 16.3. The summed E-state index contributed by atoms with van der Waals surface area (Å²) in [5, 5.41) is 18.0. The van der Waals surface area contributed by atoms with Crippen molar-refractivity contribution >= 4 is 28.6 Å². The van der Waals surface area contributed by atoms with Gasteiger partial charge in [-0.15, -0.1) is 0 Å². The fourth-order valence-electron chi connectivity index (χ4n) is 4.80. The summed E-state index contributed by atoms with van der Waals surface area (Å²) in [5.41, 5.74) is 0.966. The van der Waals surface area contributed by atoms with Crippen molar-refractivity contribution in [2.45, 2.75) is 38.6 Å². The van der Waals surface area contributed by atoms with E-state index in [0.29, 0.717) is 13.1 Å². The minimum absolute atomic E-state index is 0.0482. The first-order chi connectivity index (χ1) is 15.4. The van der Waals surface area contributed by atoms with Crippen molar-refractivity contribution in [2.24, 2.45) is 0 Å². The number of aliphatic hydroxyl groups excluding tert-OH is 1. The van der Waals surface area contributed by atoms with Crippen LogP contribution in [-0.4, -0.2) is 87.8 Å². The summed E-state index contributed by atoms with van der Waals surface area (Å²) >= 11 is 0. The SMILES string of the molecule is CCNC(=O)N1C2[C@H](C)N(Cc3cccc4ccccc34)C(=O)[C@H](CO)N2C(=O)CN1C. The summed E-state index contributed by atoms with van der Waals surface area (Å²) in [7, 11) is 1.68. The van der Waals surface area contributed by atoms with Gasteiger partial charge in [-0.2, -0.15) is 0 Å². The molecule has 9 heteroatoms. The molecule has 2 N–H and O–H groups in total. The second-order valence-corrected chi connectivity index (χ2v) is 8.25. The molecule has 170 valence electrons. The van der Waals surface area contributed by atoms with Gasteiger partial charge in [-0.1, -0.05) is 42.5 Å². The molecule has 4 rings (SSSR count). The Labute approximate surface area is 187 Å². The molecule has 0 aliphatic carbocycles. The van der Waals surface area contributed by atoms with Gasteiger partial charge in [-0.05, 0) is 30.2 Å². The topological polar surface area (TPSA) is 96.4 Å². The molecule has 4 amide bonds. The molecule has 3 atom stereocenters. The number of urea groups is 1. The van der Waals surface area contributed by atoms with E-state index in [0.717, 1.165) is 16.3 Å². The van der Waals surface area contributed by atoms with E-state index >= 15 is 0 Å². The number of nitrogens with one attached hydrogen (secondary N) is 1. The van der Waals surface area contributed by atoms with E-state index in [1.807, 2.05) is 56.3 Å². The zero-order valence-electron chi connectivity index (χ0n) is 18.6. The van der Waals surface area contributed by atoms with Crippen molar-refractivity contribution < 1.29 is 19.5 Å². The summed E-state index contributed by atoms with van der Waals surface area (Å²) in [6.07, 6.45) is -0.724. The highest BCUT2D eigenvalue weighted by Crippen LogP contribution is 2.32. The normalized spacial score (nSPS) is 24.1. The van der Waals surface area contributed by atoms with Crippen LogP contribution in [0.3, 0.4) is 0 Å². The van der Waals surface area contributed by atoms with Crippen LogP contribution in [-0.2, 0) is 16.1 Å². The Morgan fingerprint density at radius 3 is 2.59 bits per heavy atom. The number of carbonyl (C=O) groups excluding carboxylic acids is 3. The van der Waals surface area contributed by atoms with E-state index < -0.39 is 24.9 Å². The molecule has 32 heavy (non-hydrogen) atoms. The number of rotatable bonds is 4. The first-order valence-corrected chi connectivity index (χ1v) is 10.9. The third kappa shape index (κ3) is 3.57. The lowest BCUT2D eigenvalue weighted by Crippen LogP contribution is -2.78. The predicted molar refractivity (Wildman–Crippen MR) is 119 cm³/mol. The maximum absolute atomic E-state index is 13.4. The van der Waals surface area contributed by atoms with Crippen molar-refractivity contribution in [3.05, 3.63) is 48.0 Å². The fraction of sp³-hybridized carbons (Fsp3) is 0.435. The lowest BCUT2D eigenvalue weighted by atomic mass is 9.98. The number of benzene rings is 2. The lowest BCUT2D eigenvalue weighted by Gasteiger charge is -2.57. The third-order valence-electron chi connectivity index (χ3n) is 6.31. The van der Waals surface area contributed by atoms with Gasteiger partial charge in [0.25, 0.3) is 0 Å². The monoisotopic (exact) mass is 439 g/mol. The van der Waals surface area contributed by atoms with Crippen LogP contribution in [0, 0.1) is 0 Å². The number of aliphatic hydroxyl groups is 1. The number of nitrogens with zero attached hydrogens (tertiary/aromatic N) is 4. The van der Waals surface area contributed by atoms with Crippen molar-refractivity contribution in [3.8, 4) is 0 Å². The van der Waals surface area contributed by atoms with E-state index in [9.17, 15) is 19.5 Å². The molecule has 2 heterocycles. The fourth-order valence-corrected chi connectivity index (χ4v) is 4.80. The quantitative estimate of drug-likeness (QED) is 0.740. The molecule has 9 nitrogen and oxygen atoms in total. The Bertz CT molecular complexity index is 1040. The minimum Gasteiger partial charge on any atom is -0.394 e. The maximum Gasteiger partial charge on any atom is 0.333 e. The molecule has 0 radical (unpaired) electrons. The molecule has 0 aromatic heterocycles. The van der Waals surface area contributed by atoms with Crippen LogP contribution in [0.5, 0.6) is 0 Å². The summed E-state index contributed by atoms with van der Waals surface area (Å²) in [6, 6.07) is 12.0. The van der Waals surface area contributed by atoms with Gasteiger partial charge >= 0.3 is 6.03 Å². The van der Waals surface area contributed by atoms with Crippen molar-refractivity contribution in [3.63, 3.8) is 0 Å². The van der Waals surface area contributed by atoms with E-state index in [-0.39, 0.29) is 24.4 Å². The molecule has 2 aliphatic rings. The van der Waals surface area contributed by atoms with Crippen LogP contribution in [0.25, 0.3) is 10.8 Å². The van der Waals surface area contributed by atoms with Gasteiger partial charge < -0.3 is 20.2 Å². The molecule has 1 unspecified atom stereocenters. The van der Waals surface area contributed by atoms with Crippen LogP contribution < -0.4 is 5.32 Å². The maximum atomic E-state index is 13.4. The van der Waals surface area contributed by atoms with Crippen LogP contribution in [0.2, 0.25) is 0 Å². The highest BCUT2D eigenvalue weighted by molar-refractivity contribution is 5.92. The number of hydrogen-bond acceptors (Lipinski definition) is 5. The molecule has 2 aromatic carbocycles. The third-order valence-corrected chi connectivity index (χ3v) is 6.31. The van der Waals surface area contributed by atoms with Gasteiger partial charge in [0.15, 0.2) is 0 Å². The molecule has 2 saturated heterocycles. The number of amides is 4. The van der Waals surface area contributed by atoms with Crippen LogP contribution in [0.4, 0.5) is 4.79 Å². The Kier molecular flexibility index (Phi) is 6.03. The first kappa shape index (κ1) is 22.0. The average molecular weight is 440 g/mol. The number of carbonyl (C=O) groups is 3.